The number of carbonyl (C=O) groups excluding carboxylic acids is 2. The Morgan fingerprint density at radius 1 is 1.18 bits per heavy atom. The highest BCUT2D eigenvalue weighted by atomic mass is 16.5. The summed E-state index contributed by atoms with van der Waals surface area (Å²) < 4.78 is 10.4. The summed E-state index contributed by atoms with van der Waals surface area (Å²) in [4.78, 5) is 25.2. The van der Waals surface area contributed by atoms with E-state index in [0.717, 1.165) is 25.7 Å². The molecular weight excluding hydrogens is 282 g/mol. The van der Waals surface area contributed by atoms with Crippen molar-refractivity contribution >= 4 is 11.9 Å². The number of nitrogens with zero attached hydrogens (tertiary/aromatic N) is 1. The van der Waals surface area contributed by atoms with Gasteiger partial charge < -0.3 is 9.47 Å². The lowest BCUT2D eigenvalue weighted by Crippen LogP contribution is -2.49. The first-order chi connectivity index (χ1) is 10.4. The molecule has 22 heavy (non-hydrogen) atoms. The van der Waals surface area contributed by atoms with Gasteiger partial charge in [0.15, 0.2) is 5.41 Å². The summed E-state index contributed by atoms with van der Waals surface area (Å²) in [6.45, 7) is 7.45. The third-order valence-electron chi connectivity index (χ3n) is 4.61. The van der Waals surface area contributed by atoms with Crippen LogP contribution in [0.1, 0.15) is 53.4 Å². The van der Waals surface area contributed by atoms with Gasteiger partial charge >= 0.3 is 11.9 Å². The highest BCUT2D eigenvalue weighted by Gasteiger charge is 2.57. The molecule has 0 aromatic rings. The highest BCUT2D eigenvalue weighted by molar-refractivity contribution is 5.88. The molecule has 124 valence electrons. The van der Waals surface area contributed by atoms with Crippen molar-refractivity contribution in [2.24, 2.45) is 23.2 Å². The van der Waals surface area contributed by atoms with Gasteiger partial charge in [-0.05, 0) is 38.5 Å². The quantitative estimate of drug-likeness (QED) is 0.675. The summed E-state index contributed by atoms with van der Waals surface area (Å²) >= 11 is 0. The van der Waals surface area contributed by atoms with Gasteiger partial charge in [-0.15, -0.1) is 0 Å². The predicted octanol–water partition coefficient (Wildman–Crippen LogP) is 3.08. The molecule has 1 saturated carbocycles. The van der Waals surface area contributed by atoms with E-state index in [1.807, 2.05) is 0 Å². The minimum absolute atomic E-state index is 0.00510. The molecular formula is C17H27NO4. The fraction of sp³-hybridized carbons (Fsp3) is 0.824. The Balaban J connectivity index is 3.31. The fourth-order valence-electron chi connectivity index (χ4n) is 3.49. The average molecular weight is 309 g/mol. The first-order valence-electron chi connectivity index (χ1n) is 8.20. The average Bonchev–Trinajstić information content (AvgIpc) is 2.98. The van der Waals surface area contributed by atoms with Gasteiger partial charge in [-0.1, -0.05) is 26.7 Å². The van der Waals surface area contributed by atoms with Gasteiger partial charge in [-0.3, -0.25) is 9.59 Å². The van der Waals surface area contributed by atoms with Crippen LogP contribution in [0, 0.1) is 34.5 Å². The van der Waals surface area contributed by atoms with E-state index >= 15 is 0 Å². The van der Waals surface area contributed by atoms with Crippen LogP contribution in [-0.2, 0) is 19.1 Å². The molecule has 0 N–H and O–H groups in total. The van der Waals surface area contributed by atoms with Crippen molar-refractivity contribution in [3.8, 4) is 6.07 Å². The van der Waals surface area contributed by atoms with Gasteiger partial charge in [0, 0.05) is 0 Å². The van der Waals surface area contributed by atoms with Crippen molar-refractivity contribution < 1.29 is 19.1 Å². The monoisotopic (exact) mass is 309 g/mol. The van der Waals surface area contributed by atoms with Crippen molar-refractivity contribution in [2.45, 2.75) is 53.4 Å². The molecule has 1 rings (SSSR count). The molecule has 0 heterocycles. The molecule has 0 amide bonds. The number of hydrogen-bond donors (Lipinski definition) is 0. The maximum absolute atomic E-state index is 12.6. The van der Waals surface area contributed by atoms with Crippen molar-refractivity contribution in [2.75, 3.05) is 13.2 Å². The van der Waals surface area contributed by atoms with E-state index < -0.39 is 23.3 Å². The summed E-state index contributed by atoms with van der Waals surface area (Å²) in [5.74, 6) is -2.12. The van der Waals surface area contributed by atoms with Gasteiger partial charge in [0.05, 0.1) is 25.2 Å². The number of carbonyl (C=O) groups is 2. The number of hydrogen-bond acceptors (Lipinski definition) is 5. The van der Waals surface area contributed by atoms with Crippen LogP contribution in [0.2, 0.25) is 0 Å². The largest absolute Gasteiger partial charge is 0.466 e. The molecule has 0 aliphatic heterocycles. The molecule has 1 fully saturated rings. The van der Waals surface area contributed by atoms with Gasteiger partial charge in [0.1, 0.15) is 0 Å². The van der Waals surface area contributed by atoms with E-state index in [4.69, 9.17) is 9.47 Å². The minimum Gasteiger partial charge on any atom is -0.466 e. The van der Waals surface area contributed by atoms with Crippen LogP contribution >= 0.6 is 0 Å². The highest BCUT2D eigenvalue weighted by Crippen LogP contribution is 2.46. The molecule has 0 saturated heterocycles. The number of rotatable bonds is 7. The SMILES string of the molecule is CCOC(=O)C(C1CCCC1)C(C#N)(C(=O)OCC)C(C)C. The third kappa shape index (κ3) is 3.43. The Hall–Kier alpha value is -1.57. The lowest BCUT2D eigenvalue weighted by molar-refractivity contribution is -0.171. The molecule has 0 aromatic carbocycles. The van der Waals surface area contributed by atoms with Crippen LogP contribution in [0.5, 0.6) is 0 Å². The standard InChI is InChI=1S/C17H27NO4/c1-5-21-15(19)14(13-9-7-8-10-13)17(11-18,12(3)4)16(20)22-6-2/h12-14H,5-10H2,1-4H3. The van der Waals surface area contributed by atoms with Crippen molar-refractivity contribution in [3.05, 3.63) is 0 Å². The molecule has 1 aliphatic carbocycles. The van der Waals surface area contributed by atoms with Gasteiger partial charge in [-0.2, -0.15) is 5.26 Å². The second-order valence-electron chi connectivity index (χ2n) is 6.13. The zero-order chi connectivity index (χ0) is 16.8. The third-order valence-corrected chi connectivity index (χ3v) is 4.61. The van der Waals surface area contributed by atoms with Crippen LogP contribution in [0.4, 0.5) is 0 Å². The van der Waals surface area contributed by atoms with E-state index in [1.165, 1.54) is 0 Å². The van der Waals surface area contributed by atoms with Gasteiger partial charge in [0.25, 0.3) is 0 Å². The summed E-state index contributed by atoms with van der Waals surface area (Å²) in [7, 11) is 0. The van der Waals surface area contributed by atoms with E-state index in [2.05, 4.69) is 6.07 Å². The fourth-order valence-corrected chi connectivity index (χ4v) is 3.49. The molecule has 0 spiro atoms. The Morgan fingerprint density at radius 3 is 2.14 bits per heavy atom. The van der Waals surface area contributed by atoms with Crippen molar-refractivity contribution in [1.82, 2.24) is 0 Å². The second kappa shape index (κ2) is 8.17. The zero-order valence-corrected chi connectivity index (χ0v) is 14.1. The first kappa shape index (κ1) is 18.5. The van der Waals surface area contributed by atoms with Crippen LogP contribution in [0.15, 0.2) is 0 Å². The predicted molar refractivity (Wildman–Crippen MR) is 81.6 cm³/mol. The smallest absolute Gasteiger partial charge is 0.327 e. The van der Waals surface area contributed by atoms with E-state index in [9.17, 15) is 14.9 Å². The molecule has 5 nitrogen and oxygen atoms in total. The molecule has 2 atom stereocenters. The summed E-state index contributed by atoms with van der Waals surface area (Å²) in [5, 5.41) is 9.83. The number of ether oxygens (including phenoxy) is 2. The molecule has 1 aliphatic rings. The van der Waals surface area contributed by atoms with Crippen LogP contribution < -0.4 is 0 Å². The Labute approximate surface area is 133 Å². The maximum Gasteiger partial charge on any atom is 0.327 e. The summed E-state index contributed by atoms with van der Waals surface area (Å²) in [6, 6.07) is 2.14. The van der Waals surface area contributed by atoms with Gasteiger partial charge in [-0.25, -0.2) is 0 Å². The second-order valence-corrected chi connectivity index (χ2v) is 6.13. The molecule has 2 unspecified atom stereocenters. The number of nitriles is 1. The molecule has 0 bridgehead atoms. The molecule has 5 heteroatoms. The van der Waals surface area contributed by atoms with E-state index in [1.54, 1.807) is 27.7 Å². The topological polar surface area (TPSA) is 76.4 Å². The van der Waals surface area contributed by atoms with Crippen LogP contribution in [0.25, 0.3) is 0 Å². The Morgan fingerprint density at radius 2 is 1.73 bits per heavy atom. The lowest BCUT2D eigenvalue weighted by Gasteiger charge is -2.37. The molecule has 0 aromatic heterocycles. The van der Waals surface area contributed by atoms with Gasteiger partial charge in [0.2, 0.25) is 0 Å². The lowest BCUT2D eigenvalue weighted by atomic mass is 9.63. The minimum atomic E-state index is -1.47. The summed E-state index contributed by atoms with van der Waals surface area (Å²) in [6.07, 6.45) is 3.73. The Kier molecular flexibility index (Phi) is 6.86. The van der Waals surface area contributed by atoms with Crippen LogP contribution in [0.3, 0.4) is 0 Å². The van der Waals surface area contributed by atoms with E-state index in [-0.39, 0.29) is 25.0 Å². The summed E-state index contributed by atoms with van der Waals surface area (Å²) in [5.41, 5.74) is -1.47. The van der Waals surface area contributed by atoms with Crippen LogP contribution in [-0.4, -0.2) is 25.2 Å². The first-order valence-corrected chi connectivity index (χ1v) is 8.20. The number of esters is 2. The van der Waals surface area contributed by atoms with Crippen molar-refractivity contribution in [1.29, 1.82) is 5.26 Å². The van der Waals surface area contributed by atoms with E-state index in [0.29, 0.717) is 0 Å². The maximum atomic E-state index is 12.6. The Bertz CT molecular complexity index is 434. The van der Waals surface area contributed by atoms with Crippen molar-refractivity contribution in [3.63, 3.8) is 0 Å². The normalized spacial score (nSPS) is 19.3. The molecule has 0 radical (unpaired) electrons. The zero-order valence-electron chi connectivity index (χ0n) is 14.1.